The van der Waals surface area contributed by atoms with Crippen LogP contribution in [0, 0.1) is 5.82 Å². The van der Waals surface area contributed by atoms with E-state index in [1.165, 1.54) is 25.2 Å². The Labute approximate surface area is 77.9 Å². The molecular weight excluding hydrogens is 225 g/mol. The van der Waals surface area contributed by atoms with Gasteiger partial charge in [0.05, 0.1) is 5.56 Å². The molecule has 1 amide bonds. The van der Waals surface area contributed by atoms with E-state index in [9.17, 15) is 9.18 Å². The van der Waals surface area contributed by atoms with Crippen LogP contribution in [-0.2, 0) is 0 Å². The van der Waals surface area contributed by atoms with Crippen molar-refractivity contribution in [3.63, 3.8) is 0 Å². The fraction of sp³-hybridized carbons (Fsp3) is 0.125. The molecule has 0 saturated carbocycles. The molecule has 2 nitrogen and oxygen atoms in total. The molecule has 0 aromatic heterocycles. The Balaban J connectivity index is 3.09. The average molecular weight is 232 g/mol. The number of nitrogens with one attached hydrogen (secondary N) is 1. The molecular formula is C8H7BrFNO. The van der Waals surface area contributed by atoms with Crippen molar-refractivity contribution >= 4 is 21.8 Å². The van der Waals surface area contributed by atoms with Crippen molar-refractivity contribution < 1.29 is 9.18 Å². The van der Waals surface area contributed by atoms with Gasteiger partial charge in [-0.05, 0) is 34.1 Å². The van der Waals surface area contributed by atoms with Crippen LogP contribution in [0.25, 0.3) is 0 Å². The van der Waals surface area contributed by atoms with Crippen LogP contribution in [0.3, 0.4) is 0 Å². The fourth-order valence-corrected chi connectivity index (χ4v) is 1.34. The molecule has 0 aliphatic carbocycles. The summed E-state index contributed by atoms with van der Waals surface area (Å²) in [5.41, 5.74) is 0.430. The van der Waals surface area contributed by atoms with Gasteiger partial charge in [-0.15, -0.1) is 0 Å². The molecule has 64 valence electrons. The molecule has 1 aromatic rings. The van der Waals surface area contributed by atoms with Gasteiger partial charge in [-0.2, -0.15) is 0 Å². The third kappa shape index (κ3) is 1.82. The normalized spacial score (nSPS) is 9.58. The summed E-state index contributed by atoms with van der Waals surface area (Å²) in [6.07, 6.45) is 0. The Morgan fingerprint density at radius 1 is 1.58 bits per heavy atom. The molecule has 1 rings (SSSR count). The van der Waals surface area contributed by atoms with Crippen LogP contribution in [0.15, 0.2) is 22.7 Å². The molecule has 0 heterocycles. The summed E-state index contributed by atoms with van der Waals surface area (Å²) in [7, 11) is 1.53. The molecule has 1 aromatic carbocycles. The molecule has 4 heteroatoms. The van der Waals surface area contributed by atoms with E-state index in [0.717, 1.165) is 0 Å². The van der Waals surface area contributed by atoms with Gasteiger partial charge in [0.15, 0.2) is 0 Å². The van der Waals surface area contributed by atoms with Gasteiger partial charge in [0, 0.05) is 11.5 Å². The van der Waals surface area contributed by atoms with E-state index in [1.807, 2.05) is 0 Å². The first-order valence-electron chi connectivity index (χ1n) is 3.32. The van der Waals surface area contributed by atoms with Crippen molar-refractivity contribution in [3.05, 3.63) is 34.1 Å². The highest BCUT2D eigenvalue weighted by molar-refractivity contribution is 9.10. The van der Waals surface area contributed by atoms with Crippen LogP contribution < -0.4 is 5.32 Å². The lowest BCUT2D eigenvalue weighted by atomic mass is 10.2. The van der Waals surface area contributed by atoms with E-state index in [0.29, 0.717) is 10.0 Å². The van der Waals surface area contributed by atoms with Gasteiger partial charge in [0.1, 0.15) is 5.82 Å². The molecule has 0 fully saturated rings. The van der Waals surface area contributed by atoms with E-state index >= 15 is 0 Å². The largest absolute Gasteiger partial charge is 0.355 e. The van der Waals surface area contributed by atoms with Crippen molar-refractivity contribution in [1.82, 2.24) is 5.32 Å². The number of hydrogen-bond donors (Lipinski definition) is 1. The van der Waals surface area contributed by atoms with E-state index in [-0.39, 0.29) is 11.7 Å². The molecule has 0 radical (unpaired) electrons. The topological polar surface area (TPSA) is 29.1 Å². The quantitative estimate of drug-likeness (QED) is 0.787. The van der Waals surface area contributed by atoms with Gasteiger partial charge >= 0.3 is 0 Å². The van der Waals surface area contributed by atoms with E-state index in [1.54, 1.807) is 0 Å². The predicted octanol–water partition coefficient (Wildman–Crippen LogP) is 1.95. The second kappa shape index (κ2) is 3.67. The molecule has 0 atom stereocenters. The maximum Gasteiger partial charge on any atom is 0.252 e. The number of carbonyl (C=O) groups is 1. The Bertz CT molecular complexity index is 314. The monoisotopic (exact) mass is 231 g/mol. The van der Waals surface area contributed by atoms with Crippen molar-refractivity contribution in [1.29, 1.82) is 0 Å². The highest BCUT2D eigenvalue weighted by Gasteiger charge is 2.07. The zero-order chi connectivity index (χ0) is 9.14. The minimum atomic E-state index is -0.366. The van der Waals surface area contributed by atoms with Gasteiger partial charge in [0.25, 0.3) is 5.91 Å². The summed E-state index contributed by atoms with van der Waals surface area (Å²) in [5.74, 6) is -0.601. The molecule has 0 saturated heterocycles. The number of rotatable bonds is 1. The number of benzene rings is 1. The summed E-state index contributed by atoms with van der Waals surface area (Å²) >= 11 is 3.09. The number of halogens is 2. The molecule has 1 N–H and O–H groups in total. The molecule has 0 aliphatic heterocycles. The Morgan fingerprint density at radius 3 is 2.75 bits per heavy atom. The van der Waals surface area contributed by atoms with E-state index < -0.39 is 0 Å². The van der Waals surface area contributed by atoms with Crippen molar-refractivity contribution in [2.45, 2.75) is 0 Å². The maximum absolute atomic E-state index is 12.6. The zero-order valence-corrected chi connectivity index (χ0v) is 7.98. The fourth-order valence-electron chi connectivity index (χ4n) is 0.808. The number of hydrogen-bond acceptors (Lipinski definition) is 1. The zero-order valence-electron chi connectivity index (χ0n) is 6.40. The number of carbonyl (C=O) groups excluding carboxylic acids is 1. The second-order valence-electron chi connectivity index (χ2n) is 2.20. The van der Waals surface area contributed by atoms with Gasteiger partial charge in [-0.1, -0.05) is 0 Å². The molecule has 12 heavy (non-hydrogen) atoms. The highest BCUT2D eigenvalue weighted by atomic mass is 79.9. The van der Waals surface area contributed by atoms with Crippen molar-refractivity contribution in [3.8, 4) is 0 Å². The minimum Gasteiger partial charge on any atom is -0.355 e. The van der Waals surface area contributed by atoms with Crippen LogP contribution in [0.4, 0.5) is 4.39 Å². The van der Waals surface area contributed by atoms with Crippen LogP contribution in [0.1, 0.15) is 10.4 Å². The lowest BCUT2D eigenvalue weighted by Gasteiger charge is -2.01. The molecule has 0 unspecified atom stereocenters. The van der Waals surface area contributed by atoms with Crippen LogP contribution >= 0.6 is 15.9 Å². The van der Waals surface area contributed by atoms with Crippen LogP contribution in [0.2, 0.25) is 0 Å². The Hall–Kier alpha value is -0.900. The average Bonchev–Trinajstić information content (AvgIpc) is 2.03. The van der Waals surface area contributed by atoms with E-state index in [2.05, 4.69) is 21.2 Å². The number of amides is 1. The Kier molecular flexibility index (Phi) is 2.81. The predicted molar refractivity (Wildman–Crippen MR) is 47.5 cm³/mol. The summed E-state index contributed by atoms with van der Waals surface area (Å²) in [6.45, 7) is 0. The van der Waals surface area contributed by atoms with Gasteiger partial charge in [-0.3, -0.25) is 4.79 Å². The van der Waals surface area contributed by atoms with Crippen LogP contribution in [0.5, 0.6) is 0 Å². The van der Waals surface area contributed by atoms with E-state index in [4.69, 9.17) is 0 Å². The van der Waals surface area contributed by atoms with Gasteiger partial charge in [-0.25, -0.2) is 4.39 Å². The third-order valence-corrected chi connectivity index (χ3v) is 2.06. The lowest BCUT2D eigenvalue weighted by Crippen LogP contribution is -2.18. The minimum absolute atomic E-state index is 0.234. The Morgan fingerprint density at radius 2 is 2.25 bits per heavy atom. The smallest absolute Gasteiger partial charge is 0.252 e. The SMILES string of the molecule is CNC(=O)c1ccc(F)cc1Br. The summed E-state index contributed by atoms with van der Waals surface area (Å²) in [6, 6.07) is 3.93. The van der Waals surface area contributed by atoms with Crippen LogP contribution in [-0.4, -0.2) is 13.0 Å². The summed E-state index contributed by atoms with van der Waals surface area (Å²) in [5, 5.41) is 2.45. The molecule has 0 bridgehead atoms. The maximum atomic E-state index is 12.6. The highest BCUT2D eigenvalue weighted by Crippen LogP contribution is 2.17. The summed E-state index contributed by atoms with van der Waals surface area (Å²) in [4.78, 5) is 11.1. The third-order valence-electron chi connectivity index (χ3n) is 1.40. The second-order valence-corrected chi connectivity index (χ2v) is 3.06. The molecule has 0 aliphatic rings. The van der Waals surface area contributed by atoms with Gasteiger partial charge in [0.2, 0.25) is 0 Å². The van der Waals surface area contributed by atoms with Crippen molar-refractivity contribution in [2.24, 2.45) is 0 Å². The van der Waals surface area contributed by atoms with Crippen molar-refractivity contribution in [2.75, 3.05) is 7.05 Å². The van der Waals surface area contributed by atoms with Gasteiger partial charge < -0.3 is 5.32 Å². The summed E-state index contributed by atoms with van der Waals surface area (Å²) < 4.78 is 13.0. The first kappa shape index (κ1) is 9.19. The first-order valence-corrected chi connectivity index (χ1v) is 4.11. The molecule has 0 spiro atoms. The first-order chi connectivity index (χ1) is 5.65. The lowest BCUT2D eigenvalue weighted by molar-refractivity contribution is 0.0962. The standard InChI is InChI=1S/C8H7BrFNO/c1-11-8(12)6-3-2-5(10)4-7(6)9/h2-4H,1H3,(H,11,12).